The van der Waals surface area contributed by atoms with Crippen molar-refractivity contribution in [3.63, 3.8) is 0 Å². The summed E-state index contributed by atoms with van der Waals surface area (Å²) < 4.78 is 11.1. The van der Waals surface area contributed by atoms with E-state index in [1.807, 2.05) is 32.9 Å². The number of phenols is 1. The van der Waals surface area contributed by atoms with Gasteiger partial charge in [0.05, 0.1) is 17.7 Å². The van der Waals surface area contributed by atoms with Crippen LogP contribution in [0.15, 0.2) is 47.8 Å². The van der Waals surface area contributed by atoms with Crippen molar-refractivity contribution in [3.8, 4) is 11.5 Å². The molecule has 0 saturated carbocycles. The number of carbonyl (C=O) groups is 2. The van der Waals surface area contributed by atoms with Crippen molar-refractivity contribution in [2.24, 2.45) is 0 Å². The van der Waals surface area contributed by atoms with E-state index in [1.165, 1.54) is 7.11 Å². The van der Waals surface area contributed by atoms with Gasteiger partial charge in [0.15, 0.2) is 11.9 Å². The van der Waals surface area contributed by atoms with Crippen LogP contribution in [0.25, 0.3) is 0 Å². The lowest BCUT2D eigenvalue weighted by molar-refractivity contribution is -0.126. The Kier molecular flexibility index (Phi) is 10.7. The lowest BCUT2D eigenvalue weighted by atomic mass is 9.98. The van der Waals surface area contributed by atoms with E-state index in [-0.39, 0.29) is 17.1 Å². The normalized spacial score (nSPS) is 15.3. The maximum absolute atomic E-state index is 11.9. The Labute approximate surface area is 202 Å². The van der Waals surface area contributed by atoms with Gasteiger partial charge in [0.1, 0.15) is 17.3 Å². The first kappa shape index (κ1) is 28.2. The van der Waals surface area contributed by atoms with Crippen molar-refractivity contribution < 1.29 is 24.2 Å². The van der Waals surface area contributed by atoms with Gasteiger partial charge in [0.2, 0.25) is 5.78 Å². The number of ketones is 1. The number of phenolic OH excluding ortho intramolecular Hbond substituents is 1. The predicted octanol–water partition coefficient (Wildman–Crippen LogP) is 6.84. The van der Waals surface area contributed by atoms with E-state index in [4.69, 9.17) is 21.1 Å². The summed E-state index contributed by atoms with van der Waals surface area (Å²) in [5, 5.41) is 10.8. The summed E-state index contributed by atoms with van der Waals surface area (Å²) in [5.74, 6) is 0.884. The summed E-state index contributed by atoms with van der Waals surface area (Å²) in [5.41, 5.74) is 2.42. The summed E-state index contributed by atoms with van der Waals surface area (Å²) in [6.07, 6.45) is 9.90. The van der Waals surface area contributed by atoms with Gasteiger partial charge in [0, 0.05) is 11.6 Å². The Morgan fingerprint density at radius 1 is 1.30 bits per heavy atom. The molecule has 1 N–H and O–H groups in total. The largest absolute Gasteiger partial charge is 0.507 e. The number of rotatable bonds is 8. The zero-order chi connectivity index (χ0) is 25.3. The smallest absolute Gasteiger partial charge is 0.202 e. The predicted molar refractivity (Wildman–Crippen MR) is 134 cm³/mol. The second-order valence-corrected chi connectivity index (χ2v) is 8.78. The number of hydrogen-bond donors (Lipinski definition) is 1. The maximum atomic E-state index is 11.9. The molecular weight excluding hydrogens is 440 g/mol. The van der Waals surface area contributed by atoms with Gasteiger partial charge in [-0.25, -0.2) is 0 Å². The molecule has 0 bridgehead atoms. The Bertz CT molecular complexity index is 996. The summed E-state index contributed by atoms with van der Waals surface area (Å²) >= 11 is 6.32. The minimum atomic E-state index is -0.795. The molecule has 0 aliphatic carbocycles. The van der Waals surface area contributed by atoms with Crippen molar-refractivity contribution in [3.05, 3.63) is 69.5 Å². The number of aldehydes is 1. The standard InChI is InChI=1S/C24H29ClO5.C3H6/c1-14(8-7-9-15(2)19-12-20(27)24(4,5)30-19)10-11-17-22(28)18(13-26)16(3)21(25)23(17)29-6;1-3-2/h9-10,12-13,28H,7-8,11H2,1-6H3;3H,1H2,2H3/b14-10+,15-9+;. The van der Waals surface area contributed by atoms with E-state index in [0.29, 0.717) is 40.4 Å². The molecule has 0 spiro atoms. The van der Waals surface area contributed by atoms with Gasteiger partial charge in [-0.05, 0) is 71.9 Å². The van der Waals surface area contributed by atoms with E-state index in [1.54, 1.807) is 32.9 Å². The minimum absolute atomic E-state index is 0.0264. The van der Waals surface area contributed by atoms with Crippen LogP contribution in [0.3, 0.4) is 0 Å². The third-order valence-corrected chi connectivity index (χ3v) is 5.78. The molecule has 0 saturated heterocycles. The molecule has 33 heavy (non-hydrogen) atoms. The number of aromatic hydroxyl groups is 1. The van der Waals surface area contributed by atoms with Crippen molar-refractivity contribution in [2.45, 2.75) is 66.4 Å². The zero-order valence-corrected chi connectivity index (χ0v) is 21.4. The summed E-state index contributed by atoms with van der Waals surface area (Å²) in [7, 11) is 1.49. The van der Waals surface area contributed by atoms with Crippen LogP contribution >= 0.6 is 11.6 Å². The van der Waals surface area contributed by atoms with Gasteiger partial charge in [0.25, 0.3) is 0 Å². The van der Waals surface area contributed by atoms with Crippen LogP contribution in [-0.2, 0) is 16.0 Å². The summed E-state index contributed by atoms with van der Waals surface area (Å²) in [6.45, 7) is 14.4. The average Bonchev–Trinajstić information content (AvgIpc) is 3.03. The van der Waals surface area contributed by atoms with Crippen molar-refractivity contribution >= 4 is 23.7 Å². The van der Waals surface area contributed by atoms with Gasteiger partial charge < -0.3 is 14.6 Å². The van der Waals surface area contributed by atoms with Crippen LogP contribution in [0, 0.1) is 6.92 Å². The molecule has 1 aromatic carbocycles. The topological polar surface area (TPSA) is 72.8 Å². The number of halogens is 1. The fourth-order valence-electron chi connectivity index (χ4n) is 3.25. The molecule has 1 aliphatic rings. The molecule has 1 aliphatic heterocycles. The van der Waals surface area contributed by atoms with Crippen LogP contribution in [0.2, 0.25) is 5.02 Å². The van der Waals surface area contributed by atoms with Crippen LogP contribution in [-0.4, -0.2) is 29.9 Å². The summed E-state index contributed by atoms with van der Waals surface area (Å²) in [6, 6.07) is 0. The van der Waals surface area contributed by atoms with Crippen LogP contribution in [0.4, 0.5) is 0 Å². The third kappa shape index (κ3) is 7.10. The van der Waals surface area contributed by atoms with E-state index in [9.17, 15) is 14.7 Å². The van der Waals surface area contributed by atoms with Gasteiger partial charge in [-0.3, -0.25) is 9.59 Å². The lowest BCUT2D eigenvalue weighted by Crippen LogP contribution is -2.27. The van der Waals surface area contributed by atoms with Crippen LogP contribution < -0.4 is 4.74 Å². The number of ether oxygens (including phenoxy) is 2. The van der Waals surface area contributed by atoms with E-state index in [0.717, 1.165) is 24.0 Å². The average molecular weight is 475 g/mol. The van der Waals surface area contributed by atoms with E-state index < -0.39 is 5.60 Å². The first-order chi connectivity index (χ1) is 15.4. The maximum Gasteiger partial charge on any atom is 0.202 e. The first-order valence-corrected chi connectivity index (χ1v) is 11.2. The Morgan fingerprint density at radius 2 is 1.91 bits per heavy atom. The molecular formula is C27H35ClO5. The summed E-state index contributed by atoms with van der Waals surface area (Å²) in [4.78, 5) is 23.2. The van der Waals surface area contributed by atoms with Gasteiger partial charge >= 0.3 is 0 Å². The van der Waals surface area contributed by atoms with Crippen molar-refractivity contribution in [2.75, 3.05) is 7.11 Å². The number of methoxy groups -OCH3 is 1. The molecule has 5 nitrogen and oxygen atoms in total. The van der Waals surface area contributed by atoms with Crippen LogP contribution in [0.1, 0.15) is 68.9 Å². The molecule has 6 heteroatoms. The highest BCUT2D eigenvalue weighted by Crippen LogP contribution is 2.41. The molecule has 0 unspecified atom stereocenters. The molecule has 2 rings (SSSR count). The van der Waals surface area contributed by atoms with E-state index in [2.05, 4.69) is 6.58 Å². The monoisotopic (exact) mass is 474 g/mol. The fraction of sp³-hybridized carbons (Fsp3) is 0.407. The Hall–Kier alpha value is -2.79. The first-order valence-electron chi connectivity index (χ1n) is 10.8. The van der Waals surface area contributed by atoms with Crippen LogP contribution in [0.5, 0.6) is 11.5 Å². The second kappa shape index (κ2) is 12.4. The zero-order valence-electron chi connectivity index (χ0n) is 20.7. The third-order valence-electron chi connectivity index (χ3n) is 5.32. The number of benzene rings is 1. The second-order valence-electron chi connectivity index (χ2n) is 8.40. The van der Waals surface area contributed by atoms with Crippen molar-refractivity contribution in [1.82, 2.24) is 0 Å². The Morgan fingerprint density at radius 3 is 2.39 bits per heavy atom. The molecule has 0 fully saturated rings. The van der Waals surface area contributed by atoms with Gasteiger partial charge in [-0.1, -0.05) is 35.4 Å². The molecule has 0 amide bonds. The molecule has 180 valence electrons. The number of hydrogen-bond acceptors (Lipinski definition) is 5. The molecule has 0 aromatic heterocycles. The van der Waals surface area contributed by atoms with Gasteiger partial charge in [-0.2, -0.15) is 0 Å². The quantitative estimate of drug-likeness (QED) is 0.329. The molecule has 0 atom stereocenters. The fourth-order valence-corrected chi connectivity index (χ4v) is 3.55. The molecule has 0 radical (unpaired) electrons. The number of carbonyl (C=O) groups excluding carboxylic acids is 2. The highest BCUT2D eigenvalue weighted by Gasteiger charge is 2.35. The van der Waals surface area contributed by atoms with Crippen molar-refractivity contribution in [1.29, 1.82) is 0 Å². The van der Waals surface area contributed by atoms with E-state index >= 15 is 0 Å². The number of allylic oxidation sites excluding steroid dienone is 5. The highest BCUT2D eigenvalue weighted by molar-refractivity contribution is 6.33. The Balaban J connectivity index is 0.00000172. The lowest BCUT2D eigenvalue weighted by Gasteiger charge is -2.18. The highest BCUT2D eigenvalue weighted by atomic mass is 35.5. The van der Waals surface area contributed by atoms with Gasteiger partial charge in [-0.15, -0.1) is 6.58 Å². The minimum Gasteiger partial charge on any atom is -0.507 e. The SMILES string of the molecule is C=CC.COc1c(Cl)c(C)c(C=O)c(O)c1C/C=C(\C)CC/C=C(\C)C1=CC(=O)C(C)(C)O1. The molecule has 1 heterocycles. The molecule has 1 aromatic rings.